The zero-order chi connectivity index (χ0) is 16.9. The molecule has 1 saturated heterocycles. The van der Waals surface area contributed by atoms with Gasteiger partial charge in [-0.05, 0) is 31.6 Å². The number of para-hydroxylation sites is 1. The standard InChI is InChI=1S/C18H20N4O2/c1-14-18(24)19-10-5-11-21(14)17(23)9-8-15-12-20-22(13-15)16-6-3-2-4-7-16/h2-4,6-9,12-14H,5,10-11H2,1H3,(H,19,24)/b9-8+. The average Bonchev–Trinajstić information content (AvgIpc) is 3.02. The van der Waals surface area contributed by atoms with Gasteiger partial charge in [0, 0.05) is 30.9 Å². The first-order chi connectivity index (χ1) is 11.6. The number of hydrogen-bond donors (Lipinski definition) is 1. The maximum Gasteiger partial charge on any atom is 0.247 e. The number of carbonyl (C=O) groups excluding carboxylic acids is 2. The van der Waals surface area contributed by atoms with Gasteiger partial charge in [0.15, 0.2) is 0 Å². The van der Waals surface area contributed by atoms with E-state index in [1.165, 1.54) is 6.08 Å². The summed E-state index contributed by atoms with van der Waals surface area (Å²) in [5.74, 6) is -0.266. The Hall–Kier alpha value is -2.89. The predicted octanol–water partition coefficient (Wildman–Crippen LogP) is 1.62. The Kier molecular flexibility index (Phi) is 4.74. The largest absolute Gasteiger partial charge is 0.354 e. The van der Waals surface area contributed by atoms with Crippen molar-refractivity contribution >= 4 is 17.9 Å². The zero-order valence-corrected chi connectivity index (χ0v) is 13.6. The number of carbonyl (C=O) groups is 2. The van der Waals surface area contributed by atoms with Crippen molar-refractivity contribution in [3.05, 3.63) is 54.4 Å². The molecule has 124 valence electrons. The minimum atomic E-state index is -0.448. The van der Waals surface area contributed by atoms with Crippen LogP contribution in [0, 0.1) is 0 Å². The van der Waals surface area contributed by atoms with Gasteiger partial charge < -0.3 is 10.2 Å². The van der Waals surface area contributed by atoms with Crippen molar-refractivity contribution in [1.29, 1.82) is 0 Å². The Bertz CT molecular complexity index is 751. The van der Waals surface area contributed by atoms with E-state index in [0.717, 1.165) is 17.7 Å². The summed E-state index contributed by atoms with van der Waals surface area (Å²) in [7, 11) is 0. The van der Waals surface area contributed by atoms with Gasteiger partial charge in [0.25, 0.3) is 0 Å². The summed E-state index contributed by atoms with van der Waals surface area (Å²) in [6.07, 6.45) is 7.56. The van der Waals surface area contributed by atoms with Crippen LogP contribution in [0.4, 0.5) is 0 Å². The van der Waals surface area contributed by atoms with Gasteiger partial charge in [-0.2, -0.15) is 5.10 Å². The number of rotatable bonds is 3. The quantitative estimate of drug-likeness (QED) is 0.873. The Balaban J connectivity index is 1.70. The fourth-order valence-electron chi connectivity index (χ4n) is 2.65. The summed E-state index contributed by atoms with van der Waals surface area (Å²) in [6.45, 7) is 2.94. The molecular weight excluding hydrogens is 304 g/mol. The van der Waals surface area contributed by atoms with E-state index in [1.54, 1.807) is 28.8 Å². The molecule has 1 atom stereocenters. The fraction of sp³-hybridized carbons (Fsp3) is 0.278. The highest BCUT2D eigenvalue weighted by molar-refractivity contribution is 5.95. The SMILES string of the molecule is CC1C(=O)NCCCN1C(=O)/C=C/c1cnn(-c2ccccc2)c1. The Morgan fingerprint density at radius 2 is 2.12 bits per heavy atom. The van der Waals surface area contributed by atoms with E-state index in [9.17, 15) is 9.59 Å². The van der Waals surface area contributed by atoms with Gasteiger partial charge >= 0.3 is 0 Å². The van der Waals surface area contributed by atoms with Crippen LogP contribution in [0.5, 0.6) is 0 Å². The lowest BCUT2D eigenvalue weighted by Crippen LogP contribution is -2.44. The van der Waals surface area contributed by atoms with Crippen LogP contribution < -0.4 is 5.32 Å². The molecule has 2 aromatic rings. The lowest BCUT2D eigenvalue weighted by atomic mass is 10.2. The first-order valence-corrected chi connectivity index (χ1v) is 8.01. The van der Waals surface area contributed by atoms with Crippen LogP contribution in [0.3, 0.4) is 0 Å². The highest BCUT2D eigenvalue weighted by Gasteiger charge is 2.26. The molecule has 0 saturated carbocycles. The van der Waals surface area contributed by atoms with Crippen LogP contribution in [-0.2, 0) is 9.59 Å². The number of aromatic nitrogens is 2. The molecule has 6 nitrogen and oxygen atoms in total. The number of nitrogens with one attached hydrogen (secondary N) is 1. The first kappa shape index (κ1) is 16.0. The van der Waals surface area contributed by atoms with Crippen molar-refractivity contribution in [2.24, 2.45) is 0 Å². The molecule has 1 aliphatic heterocycles. The molecule has 2 amide bonds. The topological polar surface area (TPSA) is 67.2 Å². The van der Waals surface area contributed by atoms with Crippen molar-refractivity contribution in [2.45, 2.75) is 19.4 Å². The maximum atomic E-state index is 12.4. The van der Waals surface area contributed by atoms with E-state index in [1.807, 2.05) is 36.5 Å². The van der Waals surface area contributed by atoms with Gasteiger partial charge in [-0.1, -0.05) is 18.2 Å². The summed E-state index contributed by atoms with van der Waals surface area (Å²) < 4.78 is 1.76. The van der Waals surface area contributed by atoms with Crippen molar-refractivity contribution in [2.75, 3.05) is 13.1 Å². The molecule has 0 spiro atoms. The summed E-state index contributed by atoms with van der Waals surface area (Å²) in [5, 5.41) is 7.10. The van der Waals surface area contributed by atoms with Crippen LogP contribution in [-0.4, -0.2) is 45.6 Å². The summed E-state index contributed by atoms with van der Waals surface area (Å²) in [6, 6.07) is 9.32. The molecule has 1 unspecified atom stereocenters. The van der Waals surface area contributed by atoms with E-state index in [4.69, 9.17) is 0 Å². The second kappa shape index (κ2) is 7.12. The summed E-state index contributed by atoms with van der Waals surface area (Å²) in [5.41, 5.74) is 1.79. The number of hydrogen-bond acceptors (Lipinski definition) is 3. The van der Waals surface area contributed by atoms with Gasteiger partial charge in [-0.3, -0.25) is 9.59 Å². The molecular formula is C18H20N4O2. The summed E-state index contributed by atoms with van der Waals surface area (Å²) >= 11 is 0. The predicted molar refractivity (Wildman–Crippen MR) is 91.4 cm³/mol. The molecule has 1 aromatic carbocycles. The summed E-state index contributed by atoms with van der Waals surface area (Å²) in [4.78, 5) is 25.8. The molecule has 24 heavy (non-hydrogen) atoms. The molecule has 0 bridgehead atoms. The normalized spacial score (nSPS) is 18.5. The average molecular weight is 324 g/mol. The monoisotopic (exact) mass is 324 g/mol. The maximum absolute atomic E-state index is 12.4. The molecule has 1 aromatic heterocycles. The minimum Gasteiger partial charge on any atom is -0.354 e. The van der Waals surface area contributed by atoms with Crippen molar-refractivity contribution in [3.8, 4) is 5.69 Å². The molecule has 1 N–H and O–H groups in total. The van der Waals surface area contributed by atoms with E-state index in [2.05, 4.69) is 10.4 Å². The number of amides is 2. The number of nitrogens with zero attached hydrogens (tertiary/aromatic N) is 3. The molecule has 0 radical (unpaired) electrons. The van der Waals surface area contributed by atoms with E-state index in [0.29, 0.717) is 13.1 Å². The molecule has 1 fully saturated rings. The lowest BCUT2D eigenvalue weighted by Gasteiger charge is -2.23. The Morgan fingerprint density at radius 1 is 1.33 bits per heavy atom. The third-order valence-electron chi connectivity index (χ3n) is 4.05. The first-order valence-electron chi connectivity index (χ1n) is 8.01. The van der Waals surface area contributed by atoms with Gasteiger partial charge in [0.2, 0.25) is 11.8 Å². The van der Waals surface area contributed by atoms with E-state index < -0.39 is 6.04 Å². The van der Waals surface area contributed by atoms with E-state index in [-0.39, 0.29) is 11.8 Å². The smallest absolute Gasteiger partial charge is 0.247 e. The van der Waals surface area contributed by atoms with Crippen LogP contribution in [0.1, 0.15) is 18.9 Å². The van der Waals surface area contributed by atoms with Crippen molar-refractivity contribution in [3.63, 3.8) is 0 Å². The van der Waals surface area contributed by atoms with Gasteiger partial charge in [-0.25, -0.2) is 4.68 Å². The number of benzene rings is 1. The third-order valence-corrected chi connectivity index (χ3v) is 4.05. The Labute approximate surface area is 140 Å². The van der Waals surface area contributed by atoms with Crippen LogP contribution in [0.15, 0.2) is 48.8 Å². The molecule has 6 heteroatoms. The van der Waals surface area contributed by atoms with Crippen molar-refractivity contribution in [1.82, 2.24) is 20.0 Å². The lowest BCUT2D eigenvalue weighted by molar-refractivity contribution is -0.135. The second-order valence-corrected chi connectivity index (χ2v) is 5.74. The minimum absolute atomic E-state index is 0.105. The van der Waals surface area contributed by atoms with Gasteiger partial charge in [0.05, 0.1) is 11.9 Å². The van der Waals surface area contributed by atoms with Crippen molar-refractivity contribution < 1.29 is 9.59 Å². The molecule has 3 rings (SSSR count). The molecule has 0 aliphatic carbocycles. The van der Waals surface area contributed by atoms with Gasteiger partial charge in [0.1, 0.15) is 6.04 Å². The zero-order valence-electron chi connectivity index (χ0n) is 13.6. The Morgan fingerprint density at radius 3 is 2.92 bits per heavy atom. The highest BCUT2D eigenvalue weighted by Crippen LogP contribution is 2.10. The van der Waals surface area contributed by atoms with E-state index >= 15 is 0 Å². The fourth-order valence-corrected chi connectivity index (χ4v) is 2.65. The van der Waals surface area contributed by atoms with Crippen LogP contribution >= 0.6 is 0 Å². The molecule has 1 aliphatic rings. The van der Waals surface area contributed by atoms with Gasteiger partial charge in [-0.15, -0.1) is 0 Å². The highest BCUT2D eigenvalue weighted by atomic mass is 16.2. The van der Waals surface area contributed by atoms with Crippen LogP contribution in [0.2, 0.25) is 0 Å². The van der Waals surface area contributed by atoms with Crippen LogP contribution in [0.25, 0.3) is 11.8 Å². The third kappa shape index (κ3) is 3.53. The second-order valence-electron chi connectivity index (χ2n) is 5.74. The molecule has 2 heterocycles.